The highest BCUT2D eigenvalue weighted by molar-refractivity contribution is 7.14. The average Bonchev–Trinajstić information content (AvgIpc) is 3.25. The van der Waals surface area contributed by atoms with Crippen LogP contribution in [0.25, 0.3) is 0 Å². The number of anilines is 1. The van der Waals surface area contributed by atoms with Crippen LogP contribution in [0, 0.1) is 11.3 Å². The number of hydrogen-bond acceptors (Lipinski definition) is 6. The van der Waals surface area contributed by atoms with Gasteiger partial charge in [-0.05, 0) is 36.2 Å². The van der Waals surface area contributed by atoms with Crippen molar-refractivity contribution < 1.29 is 19.2 Å². The largest absolute Gasteiger partial charge is 0.333 e. The number of thiophene rings is 1. The van der Waals surface area contributed by atoms with Crippen LogP contribution in [0.4, 0.5) is 10.5 Å². The van der Waals surface area contributed by atoms with Crippen LogP contribution in [0.2, 0.25) is 0 Å². The zero-order valence-corrected chi connectivity index (χ0v) is 16.5. The lowest BCUT2D eigenvalue weighted by atomic mass is 10.0. The fourth-order valence-electron chi connectivity index (χ4n) is 3.50. The molecule has 10 heteroatoms. The van der Waals surface area contributed by atoms with E-state index in [2.05, 4.69) is 16.0 Å². The van der Waals surface area contributed by atoms with Crippen molar-refractivity contribution in [3.63, 3.8) is 0 Å². The molecule has 2 aliphatic heterocycles. The predicted molar refractivity (Wildman–Crippen MR) is 107 cm³/mol. The van der Waals surface area contributed by atoms with Crippen molar-refractivity contribution in [2.45, 2.75) is 32.0 Å². The van der Waals surface area contributed by atoms with E-state index in [0.717, 1.165) is 10.4 Å². The van der Waals surface area contributed by atoms with Crippen LogP contribution < -0.4 is 16.0 Å². The molecule has 152 valence electrons. The summed E-state index contributed by atoms with van der Waals surface area (Å²) in [7, 11) is 0. The van der Waals surface area contributed by atoms with Gasteiger partial charge in [0.25, 0.3) is 5.91 Å². The maximum Gasteiger partial charge on any atom is 0.319 e. The van der Waals surface area contributed by atoms with Gasteiger partial charge in [0.2, 0.25) is 11.8 Å². The van der Waals surface area contributed by atoms with Crippen molar-refractivity contribution >= 4 is 40.8 Å². The van der Waals surface area contributed by atoms with E-state index in [9.17, 15) is 19.2 Å². The second kappa shape index (κ2) is 7.96. The number of imide groups is 1. The number of nitriles is 1. The van der Waals surface area contributed by atoms with Gasteiger partial charge in [0.15, 0.2) is 0 Å². The van der Waals surface area contributed by atoms with E-state index in [1.54, 1.807) is 24.3 Å². The van der Waals surface area contributed by atoms with Crippen LogP contribution in [0.15, 0.2) is 30.3 Å². The zero-order valence-electron chi connectivity index (χ0n) is 15.7. The molecule has 0 spiro atoms. The van der Waals surface area contributed by atoms with Gasteiger partial charge in [-0.2, -0.15) is 5.26 Å². The summed E-state index contributed by atoms with van der Waals surface area (Å²) in [5, 5.41) is 16.6. The third kappa shape index (κ3) is 3.88. The summed E-state index contributed by atoms with van der Waals surface area (Å²) >= 11 is 1.28. The van der Waals surface area contributed by atoms with Crippen LogP contribution >= 0.6 is 11.3 Å². The number of rotatable bonds is 4. The van der Waals surface area contributed by atoms with Crippen molar-refractivity contribution in [3.8, 4) is 6.07 Å². The Morgan fingerprint density at radius 3 is 2.87 bits per heavy atom. The third-order valence-electron chi connectivity index (χ3n) is 4.91. The maximum atomic E-state index is 12.7. The average molecular weight is 423 g/mol. The fourth-order valence-corrected chi connectivity index (χ4v) is 4.56. The van der Waals surface area contributed by atoms with Crippen molar-refractivity contribution in [3.05, 3.63) is 51.2 Å². The van der Waals surface area contributed by atoms with E-state index in [4.69, 9.17) is 5.26 Å². The minimum absolute atomic E-state index is 0.218. The SMILES string of the molecule is N#Cc1cccc(NC(=O)NCc2cc3c(s2)C(=O)N(C2CCC(=O)NC2=O)C3)c1. The van der Waals surface area contributed by atoms with Gasteiger partial charge in [0, 0.05) is 23.5 Å². The van der Waals surface area contributed by atoms with Crippen LogP contribution in [0.3, 0.4) is 0 Å². The van der Waals surface area contributed by atoms with E-state index in [0.29, 0.717) is 29.1 Å². The second-order valence-corrected chi connectivity index (χ2v) is 8.10. The van der Waals surface area contributed by atoms with Gasteiger partial charge in [0.1, 0.15) is 6.04 Å². The van der Waals surface area contributed by atoms with E-state index >= 15 is 0 Å². The topological polar surface area (TPSA) is 131 Å². The molecule has 0 bridgehead atoms. The zero-order chi connectivity index (χ0) is 21.3. The molecule has 4 rings (SSSR count). The van der Waals surface area contributed by atoms with E-state index in [1.165, 1.54) is 16.2 Å². The predicted octanol–water partition coefficient (Wildman–Crippen LogP) is 1.70. The summed E-state index contributed by atoms with van der Waals surface area (Å²) in [5.41, 5.74) is 1.77. The first-order valence-electron chi connectivity index (χ1n) is 9.26. The van der Waals surface area contributed by atoms with Crippen molar-refractivity contribution in [2.24, 2.45) is 0 Å². The summed E-state index contributed by atoms with van der Waals surface area (Å²) in [4.78, 5) is 51.1. The Labute approximate surface area is 175 Å². The summed E-state index contributed by atoms with van der Waals surface area (Å²) in [6.07, 6.45) is 0.544. The third-order valence-corrected chi connectivity index (χ3v) is 6.08. The molecule has 1 saturated heterocycles. The second-order valence-electron chi connectivity index (χ2n) is 6.97. The molecule has 1 atom stereocenters. The van der Waals surface area contributed by atoms with Gasteiger partial charge in [-0.3, -0.25) is 19.7 Å². The minimum atomic E-state index is -0.633. The smallest absolute Gasteiger partial charge is 0.319 e. The summed E-state index contributed by atoms with van der Waals surface area (Å²) in [6, 6.07) is 9.38. The quantitative estimate of drug-likeness (QED) is 0.644. The number of carbonyl (C=O) groups is 4. The Morgan fingerprint density at radius 2 is 2.13 bits per heavy atom. The van der Waals surface area contributed by atoms with E-state index in [-0.39, 0.29) is 24.8 Å². The first-order chi connectivity index (χ1) is 14.4. The van der Waals surface area contributed by atoms with Gasteiger partial charge in [-0.15, -0.1) is 11.3 Å². The Kier molecular flexibility index (Phi) is 5.20. The van der Waals surface area contributed by atoms with Crippen LogP contribution in [-0.4, -0.2) is 34.7 Å². The normalized spacial score (nSPS) is 17.9. The summed E-state index contributed by atoms with van der Waals surface area (Å²) < 4.78 is 0. The highest BCUT2D eigenvalue weighted by Gasteiger charge is 2.40. The number of piperidine rings is 1. The van der Waals surface area contributed by atoms with E-state index < -0.39 is 18.0 Å². The standard InChI is InChI=1S/C20H17N5O4S/c21-8-11-2-1-3-13(6-11)23-20(29)22-9-14-7-12-10-25(19(28)17(12)30-14)15-4-5-16(26)24-18(15)27/h1-3,6-7,15H,4-5,9-10H2,(H2,22,23,29)(H,24,26,27). The van der Waals surface area contributed by atoms with Crippen molar-refractivity contribution in [1.29, 1.82) is 5.26 Å². The number of nitrogens with one attached hydrogen (secondary N) is 3. The minimum Gasteiger partial charge on any atom is -0.333 e. The highest BCUT2D eigenvalue weighted by Crippen LogP contribution is 2.33. The van der Waals surface area contributed by atoms with Gasteiger partial charge in [-0.25, -0.2) is 4.79 Å². The van der Waals surface area contributed by atoms with Crippen molar-refractivity contribution in [2.75, 3.05) is 5.32 Å². The number of amides is 5. The fraction of sp³-hybridized carbons (Fsp3) is 0.250. The lowest BCUT2D eigenvalue weighted by Gasteiger charge is -2.29. The number of benzene rings is 1. The maximum absolute atomic E-state index is 12.7. The van der Waals surface area contributed by atoms with Gasteiger partial charge < -0.3 is 15.5 Å². The molecule has 5 amide bonds. The van der Waals surface area contributed by atoms with Gasteiger partial charge in [-0.1, -0.05) is 6.07 Å². The Bertz CT molecular complexity index is 1100. The number of fused-ring (bicyclic) bond motifs is 1. The highest BCUT2D eigenvalue weighted by atomic mass is 32.1. The Morgan fingerprint density at radius 1 is 1.30 bits per heavy atom. The molecule has 0 saturated carbocycles. The van der Waals surface area contributed by atoms with Crippen LogP contribution in [0.5, 0.6) is 0 Å². The van der Waals surface area contributed by atoms with E-state index in [1.807, 2.05) is 12.1 Å². The first-order valence-corrected chi connectivity index (χ1v) is 10.1. The number of carbonyl (C=O) groups excluding carboxylic acids is 4. The molecular weight excluding hydrogens is 406 g/mol. The van der Waals surface area contributed by atoms with Gasteiger partial charge >= 0.3 is 6.03 Å². The molecule has 30 heavy (non-hydrogen) atoms. The lowest BCUT2D eigenvalue weighted by Crippen LogP contribution is -2.52. The lowest BCUT2D eigenvalue weighted by molar-refractivity contribution is -0.136. The molecule has 0 aliphatic carbocycles. The summed E-state index contributed by atoms with van der Waals surface area (Å²) in [5.74, 6) is -0.981. The number of urea groups is 1. The molecule has 2 aliphatic rings. The molecule has 1 aromatic heterocycles. The molecule has 3 N–H and O–H groups in total. The molecular formula is C20H17N5O4S. The van der Waals surface area contributed by atoms with Crippen LogP contribution in [0.1, 0.15) is 38.5 Å². The molecule has 1 fully saturated rings. The molecule has 0 radical (unpaired) electrons. The molecule has 2 aromatic rings. The number of hydrogen-bond donors (Lipinski definition) is 3. The first kappa shape index (κ1) is 19.6. The Hall–Kier alpha value is -3.71. The molecule has 1 aromatic carbocycles. The Balaban J connectivity index is 1.35. The monoisotopic (exact) mass is 423 g/mol. The summed E-state index contributed by atoms with van der Waals surface area (Å²) in [6.45, 7) is 0.553. The number of nitrogens with zero attached hydrogens (tertiary/aromatic N) is 2. The van der Waals surface area contributed by atoms with Crippen molar-refractivity contribution in [1.82, 2.24) is 15.5 Å². The van der Waals surface area contributed by atoms with Crippen LogP contribution in [-0.2, 0) is 22.7 Å². The molecule has 9 nitrogen and oxygen atoms in total. The molecule has 3 heterocycles. The van der Waals surface area contributed by atoms with Gasteiger partial charge in [0.05, 0.1) is 23.1 Å². The molecule has 1 unspecified atom stereocenters.